The zero-order valence-electron chi connectivity index (χ0n) is 11.9. The zero-order chi connectivity index (χ0) is 14.3. The van der Waals surface area contributed by atoms with Gasteiger partial charge in [-0.1, -0.05) is 60.7 Å². The number of benzene rings is 2. The van der Waals surface area contributed by atoms with Crippen LogP contribution in [0.4, 0.5) is 0 Å². The average Bonchev–Trinajstić information content (AvgIpc) is 3.04. The van der Waals surface area contributed by atoms with Crippen LogP contribution in [0.5, 0.6) is 0 Å². The number of aromatic amines is 1. The van der Waals surface area contributed by atoms with E-state index in [1.165, 1.54) is 22.3 Å². The summed E-state index contributed by atoms with van der Waals surface area (Å²) in [5, 5.41) is 0. The summed E-state index contributed by atoms with van der Waals surface area (Å²) in [6.07, 6.45) is 8.15. The number of rotatable bonds is 1. The van der Waals surface area contributed by atoms with E-state index in [9.17, 15) is 0 Å². The zero-order valence-corrected chi connectivity index (χ0v) is 11.9. The molecule has 0 amide bonds. The topological polar surface area (TPSA) is 28.7 Å². The molecule has 21 heavy (non-hydrogen) atoms. The molecule has 2 heteroatoms. The van der Waals surface area contributed by atoms with Crippen molar-refractivity contribution in [3.63, 3.8) is 0 Å². The van der Waals surface area contributed by atoms with E-state index in [0.717, 1.165) is 5.82 Å². The van der Waals surface area contributed by atoms with Gasteiger partial charge in [0.25, 0.3) is 0 Å². The largest absolute Gasteiger partial charge is 0.348 e. The molecule has 2 nitrogen and oxygen atoms in total. The molecule has 1 aliphatic rings. The van der Waals surface area contributed by atoms with Crippen LogP contribution in [0.1, 0.15) is 23.9 Å². The van der Waals surface area contributed by atoms with E-state index in [1.54, 1.807) is 0 Å². The molecule has 0 spiro atoms. The van der Waals surface area contributed by atoms with Gasteiger partial charge < -0.3 is 4.98 Å². The van der Waals surface area contributed by atoms with E-state index >= 15 is 0 Å². The second kappa shape index (κ2) is 4.45. The fraction of sp³-hybridized carbons (Fsp3) is 0.105. The van der Waals surface area contributed by atoms with Gasteiger partial charge in [-0.25, -0.2) is 4.98 Å². The van der Waals surface area contributed by atoms with Crippen molar-refractivity contribution < 1.29 is 0 Å². The summed E-state index contributed by atoms with van der Waals surface area (Å²) in [6.45, 7) is 2.22. The van der Waals surface area contributed by atoms with Gasteiger partial charge in [0.1, 0.15) is 5.82 Å². The molecule has 1 aliphatic carbocycles. The summed E-state index contributed by atoms with van der Waals surface area (Å²) in [5.41, 5.74) is 4.83. The van der Waals surface area contributed by atoms with E-state index in [1.807, 2.05) is 12.4 Å². The van der Waals surface area contributed by atoms with Crippen molar-refractivity contribution in [3.05, 3.63) is 84.0 Å². The Balaban J connectivity index is 2.06. The molecular formula is C19H16N2. The summed E-state index contributed by atoms with van der Waals surface area (Å²) < 4.78 is 0. The number of nitrogens with zero attached hydrogens (tertiary/aromatic N) is 1. The smallest absolute Gasteiger partial charge is 0.120 e. The second-order valence-electron chi connectivity index (χ2n) is 5.61. The lowest BCUT2D eigenvalue weighted by molar-refractivity contribution is 0.677. The second-order valence-corrected chi connectivity index (χ2v) is 5.61. The molecule has 0 saturated heterocycles. The lowest BCUT2D eigenvalue weighted by atomic mass is 9.79. The van der Waals surface area contributed by atoms with Gasteiger partial charge in [0.05, 0.1) is 5.41 Å². The minimum atomic E-state index is -0.251. The molecule has 0 aliphatic heterocycles. The van der Waals surface area contributed by atoms with E-state index in [2.05, 4.69) is 77.6 Å². The summed E-state index contributed by atoms with van der Waals surface area (Å²) in [4.78, 5) is 7.79. The molecule has 1 heterocycles. The van der Waals surface area contributed by atoms with Crippen LogP contribution in [0.3, 0.4) is 0 Å². The van der Waals surface area contributed by atoms with Crippen molar-refractivity contribution in [2.45, 2.75) is 12.3 Å². The molecule has 102 valence electrons. The first-order valence-corrected chi connectivity index (χ1v) is 7.17. The quantitative estimate of drug-likeness (QED) is 0.698. The standard InChI is InChI=1S/C19H16N2/c1-19(18-20-12-13-21-18)11-10-14-6-2-3-7-15(14)16-8-4-5-9-17(16)19/h2-13H,1H3,(H,20,21). The molecule has 1 aromatic heterocycles. The summed E-state index contributed by atoms with van der Waals surface area (Å²) in [5.74, 6) is 0.971. The van der Waals surface area contributed by atoms with Crippen LogP contribution >= 0.6 is 0 Å². The predicted octanol–water partition coefficient (Wildman–Crippen LogP) is 4.41. The first-order valence-electron chi connectivity index (χ1n) is 7.17. The van der Waals surface area contributed by atoms with E-state index < -0.39 is 0 Å². The van der Waals surface area contributed by atoms with Gasteiger partial charge in [-0.3, -0.25) is 0 Å². The maximum atomic E-state index is 4.51. The van der Waals surface area contributed by atoms with E-state index in [4.69, 9.17) is 0 Å². The van der Waals surface area contributed by atoms with Crippen molar-refractivity contribution in [3.8, 4) is 11.1 Å². The minimum Gasteiger partial charge on any atom is -0.348 e. The highest BCUT2D eigenvalue weighted by atomic mass is 14.9. The van der Waals surface area contributed by atoms with Crippen LogP contribution < -0.4 is 0 Å². The van der Waals surface area contributed by atoms with Gasteiger partial charge in [-0.05, 0) is 29.2 Å². The number of hydrogen-bond acceptors (Lipinski definition) is 1. The van der Waals surface area contributed by atoms with E-state index in [0.29, 0.717) is 0 Å². The van der Waals surface area contributed by atoms with Gasteiger partial charge in [0, 0.05) is 12.4 Å². The Labute approximate surface area is 124 Å². The van der Waals surface area contributed by atoms with Gasteiger partial charge in [0.15, 0.2) is 0 Å². The molecular weight excluding hydrogens is 256 g/mol. The minimum absolute atomic E-state index is 0.251. The number of fused-ring (bicyclic) bond motifs is 3. The summed E-state index contributed by atoms with van der Waals surface area (Å²) in [7, 11) is 0. The summed E-state index contributed by atoms with van der Waals surface area (Å²) in [6, 6.07) is 17.1. The number of nitrogens with one attached hydrogen (secondary N) is 1. The van der Waals surface area contributed by atoms with Gasteiger partial charge in [-0.15, -0.1) is 0 Å². The number of H-pyrrole nitrogens is 1. The van der Waals surface area contributed by atoms with Crippen LogP contribution in [0.2, 0.25) is 0 Å². The third-order valence-corrected chi connectivity index (χ3v) is 4.32. The molecule has 0 radical (unpaired) electrons. The van der Waals surface area contributed by atoms with Gasteiger partial charge in [-0.2, -0.15) is 0 Å². The highest BCUT2D eigenvalue weighted by molar-refractivity contribution is 5.81. The lowest BCUT2D eigenvalue weighted by Crippen LogP contribution is -2.22. The van der Waals surface area contributed by atoms with Crippen LogP contribution in [0.25, 0.3) is 17.2 Å². The number of allylic oxidation sites excluding steroid dienone is 1. The summed E-state index contributed by atoms with van der Waals surface area (Å²) >= 11 is 0. The molecule has 4 rings (SSSR count). The monoisotopic (exact) mass is 272 g/mol. The van der Waals surface area contributed by atoms with Gasteiger partial charge >= 0.3 is 0 Å². The average molecular weight is 272 g/mol. The van der Waals surface area contributed by atoms with Gasteiger partial charge in [0.2, 0.25) is 0 Å². The fourth-order valence-corrected chi connectivity index (χ4v) is 3.16. The SMILES string of the molecule is CC1(c2ncc[nH]2)C=Cc2ccccc2-c2ccccc21. The Morgan fingerprint density at radius 1 is 0.952 bits per heavy atom. The predicted molar refractivity (Wildman–Crippen MR) is 86.0 cm³/mol. The molecule has 1 unspecified atom stereocenters. The number of hydrogen-bond donors (Lipinski definition) is 1. The Hall–Kier alpha value is -2.61. The maximum absolute atomic E-state index is 4.51. The lowest BCUT2D eigenvalue weighted by Gasteiger charge is -2.26. The van der Waals surface area contributed by atoms with Crippen LogP contribution in [-0.4, -0.2) is 9.97 Å². The van der Waals surface area contributed by atoms with Crippen molar-refractivity contribution in [1.29, 1.82) is 0 Å². The molecule has 0 bridgehead atoms. The molecule has 1 atom stereocenters. The molecule has 3 aromatic rings. The Kier molecular flexibility index (Phi) is 2.58. The fourth-order valence-electron chi connectivity index (χ4n) is 3.16. The highest BCUT2D eigenvalue weighted by Gasteiger charge is 2.32. The Morgan fingerprint density at radius 2 is 1.71 bits per heavy atom. The third-order valence-electron chi connectivity index (χ3n) is 4.32. The van der Waals surface area contributed by atoms with Crippen molar-refractivity contribution >= 4 is 6.08 Å². The maximum Gasteiger partial charge on any atom is 0.120 e. The van der Waals surface area contributed by atoms with E-state index in [-0.39, 0.29) is 5.41 Å². The number of imidazole rings is 1. The Bertz CT molecular complexity index is 815. The third kappa shape index (κ3) is 1.76. The number of aromatic nitrogens is 2. The molecule has 2 aromatic carbocycles. The Morgan fingerprint density at radius 3 is 2.52 bits per heavy atom. The van der Waals surface area contributed by atoms with Crippen LogP contribution in [0.15, 0.2) is 67.0 Å². The van der Waals surface area contributed by atoms with Crippen molar-refractivity contribution in [1.82, 2.24) is 9.97 Å². The van der Waals surface area contributed by atoms with Crippen molar-refractivity contribution in [2.75, 3.05) is 0 Å². The highest BCUT2D eigenvalue weighted by Crippen LogP contribution is 2.42. The molecule has 0 saturated carbocycles. The van der Waals surface area contributed by atoms with Crippen LogP contribution in [0, 0.1) is 0 Å². The van der Waals surface area contributed by atoms with Crippen molar-refractivity contribution in [2.24, 2.45) is 0 Å². The van der Waals surface area contributed by atoms with Crippen LogP contribution in [-0.2, 0) is 5.41 Å². The first kappa shape index (κ1) is 12.2. The molecule has 0 fully saturated rings. The molecule has 1 N–H and O–H groups in total. The first-order chi connectivity index (χ1) is 10.3. The normalized spacial score (nSPS) is 19.7.